The van der Waals surface area contributed by atoms with Gasteiger partial charge in [0.15, 0.2) is 5.78 Å². The van der Waals surface area contributed by atoms with Gasteiger partial charge in [0, 0.05) is 33.8 Å². The van der Waals surface area contributed by atoms with E-state index in [0.29, 0.717) is 24.0 Å². The topological polar surface area (TPSA) is 64.6 Å². The van der Waals surface area contributed by atoms with Gasteiger partial charge in [0.1, 0.15) is 5.75 Å². The first-order chi connectivity index (χ1) is 15.8. The van der Waals surface area contributed by atoms with E-state index in [1.807, 2.05) is 69.3 Å². The summed E-state index contributed by atoms with van der Waals surface area (Å²) in [6.07, 6.45) is 0.826. The monoisotopic (exact) mass is 509 g/mol. The lowest BCUT2D eigenvalue weighted by Crippen LogP contribution is -2.36. The number of hydrogen-bond donors (Lipinski definition) is 1. The molecular formula is C27H28BrNO4. The van der Waals surface area contributed by atoms with Crippen molar-refractivity contribution in [1.82, 2.24) is 5.32 Å². The molecule has 0 spiro atoms. The molecule has 6 heteroatoms. The summed E-state index contributed by atoms with van der Waals surface area (Å²) in [6, 6.07) is 15.6. The molecule has 0 amide bonds. The van der Waals surface area contributed by atoms with Crippen LogP contribution in [-0.2, 0) is 14.3 Å². The van der Waals surface area contributed by atoms with E-state index in [-0.39, 0.29) is 17.8 Å². The molecule has 2 atom stereocenters. The molecule has 33 heavy (non-hydrogen) atoms. The van der Waals surface area contributed by atoms with Gasteiger partial charge >= 0.3 is 5.97 Å². The number of allylic oxidation sites excluding steroid dienone is 3. The Balaban J connectivity index is 1.78. The van der Waals surface area contributed by atoms with Gasteiger partial charge in [-0.3, -0.25) is 4.79 Å². The number of dihydropyridines is 1. The summed E-state index contributed by atoms with van der Waals surface area (Å²) in [6.45, 7) is 5.53. The number of rotatable bonds is 5. The minimum absolute atomic E-state index is 0.0488. The molecule has 0 saturated heterocycles. The third kappa shape index (κ3) is 4.62. The molecule has 0 bridgehead atoms. The van der Waals surface area contributed by atoms with E-state index in [0.717, 1.165) is 32.7 Å². The van der Waals surface area contributed by atoms with Crippen LogP contribution in [0.15, 0.2) is 75.5 Å². The fourth-order valence-electron chi connectivity index (χ4n) is 4.72. The van der Waals surface area contributed by atoms with E-state index in [1.54, 1.807) is 7.11 Å². The number of methoxy groups -OCH3 is 1. The molecule has 4 rings (SSSR count). The zero-order chi connectivity index (χ0) is 23.7. The van der Waals surface area contributed by atoms with Gasteiger partial charge in [0.25, 0.3) is 0 Å². The summed E-state index contributed by atoms with van der Waals surface area (Å²) >= 11 is 3.64. The molecule has 1 N–H and O–H groups in total. The van der Waals surface area contributed by atoms with Crippen LogP contribution >= 0.6 is 15.9 Å². The molecule has 1 aliphatic heterocycles. The number of carbonyl (C=O) groups is 2. The van der Waals surface area contributed by atoms with Crippen LogP contribution in [0.4, 0.5) is 0 Å². The smallest absolute Gasteiger partial charge is 0.337 e. The number of halogens is 1. The zero-order valence-corrected chi connectivity index (χ0v) is 20.9. The minimum atomic E-state index is -0.479. The van der Waals surface area contributed by atoms with Crippen molar-refractivity contribution in [1.29, 1.82) is 0 Å². The van der Waals surface area contributed by atoms with Crippen LogP contribution in [0.5, 0.6) is 5.75 Å². The highest BCUT2D eigenvalue weighted by atomic mass is 79.9. The van der Waals surface area contributed by atoms with E-state index >= 15 is 0 Å². The second-order valence-electron chi connectivity index (χ2n) is 8.77. The molecule has 172 valence electrons. The van der Waals surface area contributed by atoms with Crippen molar-refractivity contribution in [3.63, 3.8) is 0 Å². The lowest BCUT2D eigenvalue weighted by atomic mass is 9.71. The summed E-state index contributed by atoms with van der Waals surface area (Å²) in [5.74, 6) is 0.0246. The zero-order valence-electron chi connectivity index (χ0n) is 19.3. The van der Waals surface area contributed by atoms with Crippen LogP contribution in [0, 0.1) is 0 Å². The van der Waals surface area contributed by atoms with Crippen LogP contribution < -0.4 is 10.1 Å². The predicted molar refractivity (Wildman–Crippen MR) is 131 cm³/mol. The van der Waals surface area contributed by atoms with Gasteiger partial charge in [-0.05, 0) is 62.4 Å². The molecule has 5 nitrogen and oxygen atoms in total. The van der Waals surface area contributed by atoms with Crippen molar-refractivity contribution in [3.05, 3.63) is 86.7 Å². The van der Waals surface area contributed by atoms with Crippen LogP contribution in [-0.4, -0.2) is 25.0 Å². The molecule has 0 unspecified atom stereocenters. The third-order valence-corrected chi connectivity index (χ3v) is 6.92. The van der Waals surface area contributed by atoms with Gasteiger partial charge in [0.05, 0.1) is 18.8 Å². The molecule has 0 aromatic heterocycles. The fourth-order valence-corrected chi connectivity index (χ4v) is 5.23. The van der Waals surface area contributed by atoms with Crippen molar-refractivity contribution in [2.75, 3.05) is 7.11 Å². The molecule has 2 aliphatic rings. The molecule has 2 aromatic rings. The predicted octanol–water partition coefficient (Wildman–Crippen LogP) is 5.77. The molecule has 0 radical (unpaired) electrons. The van der Waals surface area contributed by atoms with Gasteiger partial charge in [-0.1, -0.05) is 46.3 Å². The summed E-state index contributed by atoms with van der Waals surface area (Å²) in [5, 5.41) is 3.39. The Hall–Kier alpha value is -2.86. The third-order valence-electron chi connectivity index (χ3n) is 6.19. The number of esters is 1. The Kier molecular flexibility index (Phi) is 6.75. The first-order valence-electron chi connectivity index (χ1n) is 11.1. The average Bonchev–Trinajstić information content (AvgIpc) is 2.78. The quantitative estimate of drug-likeness (QED) is 0.518. The maximum absolute atomic E-state index is 13.6. The lowest BCUT2D eigenvalue weighted by molar-refractivity contribution is -0.143. The molecule has 2 aromatic carbocycles. The van der Waals surface area contributed by atoms with E-state index < -0.39 is 11.9 Å². The van der Waals surface area contributed by atoms with Crippen molar-refractivity contribution >= 4 is 27.7 Å². The Bertz CT molecular complexity index is 1150. The highest BCUT2D eigenvalue weighted by Crippen LogP contribution is 2.47. The van der Waals surface area contributed by atoms with Gasteiger partial charge in [0.2, 0.25) is 0 Å². The molecule has 1 heterocycles. The highest BCUT2D eigenvalue weighted by Gasteiger charge is 2.42. The second kappa shape index (κ2) is 9.56. The second-order valence-corrected chi connectivity index (χ2v) is 9.62. The summed E-state index contributed by atoms with van der Waals surface area (Å²) < 4.78 is 11.7. The Morgan fingerprint density at radius 2 is 1.79 bits per heavy atom. The number of ether oxygens (including phenoxy) is 2. The van der Waals surface area contributed by atoms with Crippen molar-refractivity contribution in [2.45, 2.75) is 51.6 Å². The van der Waals surface area contributed by atoms with Gasteiger partial charge in [-0.15, -0.1) is 0 Å². The lowest BCUT2D eigenvalue weighted by Gasteiger charge is -2.37. The summed E-state index contributed by atoms with van der Waals surface area (Å²) in [7, 11) is 1.64. The van der Waals surface area contributed by atoms with E-state index in [9.17, 15) is 9.59 Å². The van der Waals surface area contributed by atoms with Crippen molar-refractivity contribution in [2.24, 2.45) is 0 Å². The molecular weight excluding hydrogens is 482 g/mol. The molecule has 1 aliphatic carbocycles. The van der Waals surface area contributed by atoms with E-state index in [1.165, 1.54) is 0 Å². The van der Waals surface area contributed by atoms with Gasteiger partial charge in [-0.25, -0.2) is 4.79 Å². The first kappa shape index (κ1) is 23.3. The van der Waals surface area contributed by atoms with Crippen LogP contribution in [0.2, 0.25) is 0 Å². The maximum Gasteiger partial charge on any atom is 0.337 e. The number of nitrogens with one attached hydrogen (secondary N) is 1. The summed E-state index contributed by atoms with van der Waals surface area (Å²) in [5.41, 5.74) is 4.74. The van der Waals surface area contributed by atoms with Crippen LogP contribution in [0.3, 0.4) is 0 Å². The number of Topliss-reactive ketones (excluding diaryl/α,β-unsaturated/α-hetero) is 1. The number of carbonyl (C=O) groups excluding carboxylic acids is 2. The Morgan fingerprint density at radius 1 is 1.09 bits per heavy atom. The standard InChI is InChI=1S/C27H28BrNO4/c1-15(2)33-27(31)24-16(3)29-22-13-18(17-9-11-19(32-4)12-10-17)14-23(30)26(22)25(24)20-7-5-6-8-21(20)28/h5-12,15,18,25,29H,13-14H2,1-4H3/t18-,25-/m0/s1. The van der Waals surface area contributed by atoms with Crippen LogP contribution in [0.25, 0.3) is 0 Å². The van der Waals surface area contributed by atoms with E-state index in [4.69, 9.17) is 9.47 Å². The fraction of sp³-hybridized carbons (Fsp3) is 0.333. The molecule has 0 fully saturated rings. The SMILES string of the molecule is COc1ccc([C@@H]2CC(=O)C3=C(C2)NC(C)=C(C(=O)OC(C)C)[C@@H]3c2ccccc2Br)cc1. The average molecular weight is 510 g/mol. The largest absolute Gasteiger partial charge is 0.497 e. The normalized spacial score (nSPS) is 20.5. The van der Waals surface area contributed by atoms with Gasteiger partial charge in [-0.2, -0.15) is 0 Å². The van der Waals surface area contributed by atoms with Crippen molar-refractivity contribution in [3.8, 4) is 5.75 Å². The number of ketones is 1. The summed E-state index contributed by atoms with van der Waals surface area (Å²) in [4.78, 5) is 26.8. The van der Waals surface area contributed by atoms with Crippen molar-refractivity contribution < 1.29 is 19.1 Å². The van der Waals surface area contributed by atoms with Crippen LogP contribution in [0.1, 0.15) is 56.6 Å². The highest BCUT2D eigenvalue weighted by molar-refractivity contribution is 9.10. The number of benzene rings is 2. The maximum atomic E-state index is 13.6. The number of hydrogen-bond acceptors (Lipinski definition) is 5. The van der Waals surface area contributed by atoms with Gasteiger partial charge < -0.3 is 14.8 Å². The minimum Gasteiger partial charge on any atom is -0.497 e. The Labute approximate surface area is 203 Å². The molecule has 0 saturated carbocycles. The first-order valence-corrected chi connectivity index (χ1v) is 11.9. The Morgan fingerprint density at radius 3 is 2.42 bits per heavy atom. The van der Waals surface area contributed by atoms with E-state index in [2.05, 4.69) is 21.2 Å².